The van der Waals surface area contributed by atoms with Crippen LogP contribution in [0.5, 0.6) is 11.5 Å². The van der Waals surface area contributed by atoms with E-state index in [0.717, 1.165) is 41.9 Å². The maximum absolute atomic E-state index is 11.1. The molecule has 1 heterocycles. The zero-order valence-electron chi connectivity index (χ0n) is 14.8. The first-order chi connectivity index (χ1) is 12.0. The van der Waals surface area contributed by atoms with Crippen LogP contribution in [0.1, 0.15) is 47.1 Å². The Kier molecular flexibility index (Phi) is 7.06. The lowest BCUT2D eigenvalue weighted by molar-refractivity contribution is 0.0701. The van der Waals surface area contributed by atoms with Crippen molar-refractivity contribution in [2.24, 2.45) is 0 Å². The van der Waals surface area contributed by atoms with E-state index in [-0.39, 0.29) is 4.88 Å². The fourth-order valence-corrected chi connectivity index (χ4v) is 3.12. The third-order valence-corrected chi connectivity index (χ3v) is 4.77. The summed E-state index contributed by atoms with van der Waals surface area (Å²) < 4.78 is 11.2. The van der Waals surface area contributed by atoms with Gasteiger partial charge in [0, 0.05) is 6.54 Å². The number of carbonyl (C=O) groups is 1. The van der Waals surface area contributed by atoms with Gasteiger partial charge in [0.1, 0.15) is 4.88 Å². The molecule has 2 aromatic rings. The molecule has 0 saturated carbocycles. The first kappa shape index (κ1) is 19.1. The van der Waals surface area contributed by atoms with Gasteiger partial charge in [-0.15, -0.1) is 0 Å². The van der Waals surface area contributed by atoms with Crippen molar-refractivity contribution in [2.45, 2.75) is 39.7 Å². The van der Waals surface area contributed by atoms with Gasteiger partial charge in [-0.2, -0.15) is 0 Å². The maximum Gasteiger partial charge on any atom is 0.347 e. The van der Waals surface area contributed by atoms with Crippen LogP contribution < -0.4 is 14.8 Å². The molecule has 0 unspecified atom stereocenters. The highest BCUT2D eigenvalue weighted by Gasteiger charge is 2.14. The number of aromatic nitrogens is 1. The standard InChI is InChI=1S/C18H24N2O4S/c1-4-5-6-9-24-14-8-7-13(10-15(14)23-3)11-19-18-20-12(2)16(25-18)17(21)22/h7-8,10H,4-6,9,11H2,1-3H3,(H,19,20)(H,21,22). The molecule has 0 saturated heterocycles. The average Bonchev–Trinajstić information content (AvgIpc) is 2.98. The van der Waals surface area contributed by atoms with Gasteiger partial charge in [-0.3, -0.25) is 0 Å². The van der Waals surface area contributed by atoms with Gasteiger partial charge >= 0.3 is 5.97 Å². The molecule has 6 nitrogen and oxygen atoms in total. The van der Waals surface area contributed by atoms with E-state index in [4.69, 9.17) is 14.6 Å². The lowest BCUT2D eigenvalue weighted by Crippen LogP contribution is -2.02. The zero-order valence-corrected chi connectivity index (χ0v) is 15.6. The minimum atomic E-state index is -0.950. The van der Waals surface area contributed by atoms with Crippen LogP contribution in [0, 0.1) is 6.92 Å². The number of carboxylic acid groups (broad SMARTS) is 1. The Morgan fingerprint density at radius 3 is 2.76 bits per heavy atom. The second-order valence-corrected chi connectivity index (χ2v) is 6.63. The molecule has 0 spiro atoms. The number of aryl methyl sites for hydroxylation is 1. The SMILES string of the molecule is CCCCCOc1ccc(CNc2nc(C)c(C(=O)O)s2)cc1OC. The number of nitrogens with zero attached hydrogens (tertiary/aromatic N) is 1. The number of carboxylic acids is 1. The molecular weight excluding hydrogens is 340 g/mol. The Labute approximate surface area is 151 Å². The zero-order chi connectivity index (χ0) is 18.2. The molecule has 0 radical (unpaired) electrons. The second kappa shape index (κ2) is 9.27. The monoisotopic (exact) mass is 364 g/mol. The molecule has 0 aliphatic carbocycles. The summed E-state index contributed by atoms with van der Waals surface area (Å²) >= 11 is 1.14. The Bertz CT molecular complexity index is 715. The molecular formula is C18H24N2O4S. The molecule has 0 aliphatic heterocycles. The first-order valence-corrected chi connectivity index (χ1v) is 9.11. The number of nitrogens with one attached hydrogen (secondary N) is 1. The Morgan fingerprint density at radius 2 is 2.12 bits per heavy atom. The van der Waals surface area contributed by atoms with Crippen LogP contribution in [-0.2, 0) is 6.54 Å². The highest BCUT2D eigenvalue weighted by atomic mass is 32.1. The van der Waals surface area contributed by atoms with Gasteiger partial charge in [0.05, 0.1) is 19.4 Å². The molecule has 0 aliphatic rings. The van der Waals surface area contributed by atoms with E-state index in [1.54, 1.807) is 14.0 Å². The summed E-state index contributed by atoms with van der Waals surface area (Å²) in [5, 5.41) is 12.8. The van der Waals surface area contributed by atoms with Crippen LogP contribution in [0.2, 0.25) is 0 Å². The summed E-state index contributed by atoms with van der Waals surface area (Å²) in [6.45, 7) is 5.06. The number of aromatic carboxylic acids is 1. The molecule has 0 bridgehead atoms. The predicted molar refractivity (Wildman–Crippen MR) is 99.2 cm³/mol. The molecule has 0 fully saturated rings. The molecule has 136 valence electrons. The van der Waals surface area contributed by atoms with E-state index >= 15 is 0 Å². The van der Waals surface area contributed by atoms with Crippen molar-refractivity contribution in [3.05, 3.63) is 34.3 Å². The number of anilines is 1. The lowest BCUT2D eigenvalue weighted by Gasteiger charge is -2.12. The summed E-state index contributed by atoms with van der Waals surface area (Å²) in [7, 11) is 1.62. The normalized spacial score (nSPS) is 10.5. The molecule has 2 N–H and O–H groups in total. The van der Waals surface area contributed by atoms with Gasteiger partial charge in [-0.25, -0.2) is 9.78 Å². The predicted octanol–water partition coefficient (Wildman–Crippen LogP) is 4.34. The van der Waals surface area contributed by atoms with Crippen LogP contribution >= 0.6 is 11.3 Å². The van der Waals surface area contributed by atoms with Gasteiger partial charge in [0.2, 0.25) is 0 Å². The number of unbranched alkanes of at least 4 members (excludes halogenated alkanes) is 2. The number of thiazole rings is 1. The molecule has 7 heteroatoms. The summed E-state index contributed by atoms with van der Waals surface area (Å²) in [4.78, 5) is 15.6. The van der Waals surface area contributed by atoms with E-state index in [9.17, 15) is 4.79 Å². The van der Waals surface area contributed by atoms with Crippen molar-refractivity contribution in [1.82, 2.24) is 4.98 Å². The fraction of sp³-hybridized carbons (Fsp3) is 0.444. The number of rotatable bonds is 10. The summed E-state index contributed by atoms with van der Waals surface area (Å²) in [6.07, 6.45) is 3.33. The molecule has 0 amide bonds. The molecule has 1 aromatic heterocycles. The summed E-state index contributed by atoms with van der Waals surface area (Å²) in [5.41, 5.74) is 1.52. The Hall–Kier alpha value is -2.28. The van der Waals surface area contributed by atoms with Gasteiger partial charge < -0.3 is 19.9 Å². The number of hydrogen-bond donors (Lipinski definition) is 2. The summed E-state index contributed by atoms with van der Waals surface area (Å²) in [6, 6.07) is 5.78. The van der Waals surface area contributed by atoms with Gasteiger partial charge in [-0.1, -0.05) is 37.2 Å². The van der Waals surface area contributed by atoms with E-state index in [2.05, 4.69) is 17.2 Å². The van der Waals surface area contributed by atoms with Crippen molar-refractivity contribution < 1.29 is 19.4 Å². The van der Waals surface area contributed by atoms with Crippen molar-refractivity contribution in [3.8, 4) is 11.5 Å². The van der Waals surface area contributed by atoms with Crippen LogP contribution in [-0.4, -0.2) is 29.8 Å². The van der Waals surface area contributed by atoms with E-state index in [0.29, 0.717) is 29.7 Å². The maximum atomic E-state index is 11.1. The lowest BCUT2D eigenvalue weighted by atomic mass is 10.2. The van der Waals surface area contributed by atoms with Crippen LogP contribution in [0.3, 0.4) is 0 Å². The topological polar surface area (TPSA) is 80.7 Å². The van der Waals surface area contributed by atoms with Crippen molar-refractivity contribution >= 4 is 22.4 Å². The highest BCUT2D eigenvalue weighted by Crippen LogP contribution is 2.29. The Morgan fingerprint density at radius 1 is 1.32 bits per heavy atom. The minimum Gasteiger partial charge on any atom is -0.493 e. The average molecular weight is 364 g/mol. The van der Waals surface area contributed by atoms with Crippen molar-refractivity contribution in [2.75, 3.05) is 19.0 Å². The van der Waals surface area contributed by atoms with Gasteiger partial charge in [0.25, 0.3) is 0 Å². The second-order valence-electron chi connectivity index (χ2n) is 5.63. The third kappa shape index (κ3) is 5.35. The van der Waals surface area contributed by atoms with E-state index in [1.165, 1.54) is 0 Å². The molecule has 25 heavy (non-hydrogen) atoms. The van der Waals surface area contributed by atoms with Crippen LogP contribution in [0.15, 0.2) is 18.2 Å². The number of ether oxygens (including phenoxy) is 2. The Balaban J connectivity index is 1.98. The van der Waals surface area contributed by atoms with E-state index < -0.39 is 5.97 Å². The smallest absolute Gasteiger partial charge is 0.347 e. The largest absolute Gasteiger partial charge is 0.493 e. The summed E-state index contributed by atoms with van der Waals surface area (Å²) in [5.74, 6) is 0.479. The van der Waals surface area contributed by atoms with Crippen molar-refractivity contribution in [1.29, 1.82) is 0 Å². The number of benzene rings is 1. The highest BCUT2D eigenvalue weighted by molar-refractivity contribution is 7.17. The number of methoxy groups -OCH3 is 1. The molecule has 2 rings (SSSR count). The van der Waals surface area contributed by atoms with Crippen LogP contribution in [0.25, 0.3) is 0 Å². The number of hydrogen-bond acceptors (Lipinski definition) is 6. The first-order valence-electron chi connectivity index (χ1n) is 8.29. The van der Waals surface area contributed by atoms with E-state index in [1.807, 2.05) is 18.2 Å². The molecule has 1 aromatic carbocycles. The van der Waals surface area contributed by atoms with Gasteiger partial charge in [0.15, 0.2) is 16.6 Å². The van der Waals surface area contributed by atoms with Gasteiger partial charge in [-0.05, 0) is 31.0 Å². The molecule has 0 atom stereocenters. The fourth-order valence-electron chi connectivity index (χ4n) is 2.32. The van der Waals surface area contributed by atoms with Crippen LogP contribution in [0.4, 0.5) is 5.13 Å². The minimum absolute atomic E-state index is 0.260. The quantitative estimate of drug-likeness (QED) is 0.611. The third-order valence-electron chi connectivity index (χ3n) is 3.67. The van der Waals surface area contributed by atoms with Crippen molar-refractivity contribution in [3.63, 3.8) is 0 Å².